The van der Waals surface area contributed by atoms with Gasteiger partial charge in [-0.1, -0.05) is 0 Å². The molecule has 0 saturated heterocycles. The molecule has 19 heavy (non-hydrogen) atoms. The molecule has 1 aromatic carbocycles. The Labute approximate surface area is 112 Å². The molecule has 0 heterocycles. The first kappa shape index (κ1) is 15.0. The topological polar surface area (TPSA) is 93.5 Å². The van der Waals surface area contributed by atoms with Crippen molar-refractivity contribution in [2.24, 2.45) is 5.73 Å². The summed E-state index contributed by atoms with van der Waals surface area (Å²) < 4.78 is 4.75. The first-order valence-electron chi connectivity index (χ1n) is 6.19. The number of amides is 2. The molecule has 4 N–H and O–H groups in total. The fraction of sp³-hybridized carbons (Fsp3) is 0.385. The summed E-state index contributed by atoms with van der Waals surface area (Å²) in [6, 6.07) is 6.80. The molecule has 1 rings (SSSR count). The summed E-state index contributed by atoms with van der Waals surface area (Å²) in [6.45, 7) is 2.55. The summed E-state index contributed by atoms with van der Waals surface area (Å²) in [6.07, 6.45) is 0.565. The van der Waals surface area contributed by atoms with Crippen molar-refractivity contribution in [2.75, 3.05) is 23.8 Å². The van der Waals surface area contributed by atoms with Crippen LogP contribution in [0.25, 0.3) is 0 Å². The highest BCUT2D eigenvalue weighted by Crippen LogP contribution is 2.14. The minimum atomic E-state index is -0.498. The van der Waals surface area contributed by atoms with Crippen LogP contribution in [0, 0.1) is 0 Å². The van der Waals surface area contributed by atoms with E-state index >= 15 is 0 Å². The Balaban J connectivity index is 2.47. The van der Waals surface area contributed by atoms with Crippen molar-refractivity contribution >= 4 is 23.4 Å². The highest BCUT2D eigenvalue weighted by Gasteiger charge is 2.03. The van der Waals surface area contributed by atoms with Gasteiger partial charge in [0.25, 0.3) is 0 Å². The fourth-order valence-corrected chi connectivity index (χ4v) is 1.41. The molecule has 0 unspecified atom stereocenters. The molecule has 6 nitrogen and oxygen atoms in total. The third kappa shape index (κ3) is 5.87. The SMILES string of the molecule is CCOC(=O)Nc1ccc(NC(=O)CCCN)cc1. The van der Waals surface area contributed by atoms with Crippen LogP contribution in [0.4, 0.5) is 16.2 Å². The maximum Gasteiger partial charge on any atom is 0.411 e. The maximum absolute atomic E-state index is 11.5. The molecule has 1 aromatic rings. The summed E-state index contributed by atoms with van der Waals surface area (Å²) in [5.74, 6) is -0.0726. The monoisotopic (exact) mass is 265 g/mol. The predicted octanol–water partition coefficient (Wildman–Crippen LogP) is 1.93. The van der Waals surface area contributed by atoms with E-state index in [9.17, 15) is 9.59 Å². The quantitative estimate of drug-likeness (QED) is 0.732. The lowest BCUT2D eigenvalue weighted by Gasteiger charge is -2.07. The van der Waals surface area contributed by atoms with Gasteiger partial charge in [0, 0.05) is 17.8 Å². The fourth-order valence-electron chi connectivity index (χ4n) is 1.41. The van der Waals surface area contributed by atoms with Crippen molar-refractivity contribution < 1.29 is 14.3 Å². The van der Waals surface area contributed by atoms with E-state index in [4.69, 9.17) is 10.5 Å². The van der Waals surface area contributed by atoms with Gasteiger partial charge in [0.1, 0.15) is 0 Å². The van der Waals surface area contributed by atoms with Crippen LogP contribution >= 0.6 is 0 Å². The number of carbonyl (C=O) groups is 2. The van der Waals surface area contributed by atoms with E-state index in [1.54, 1.807) is 31.2 Å². The molecule has 0 aliphatic heterocycles. The Morgan fingerprint density at radius 1 is 1.16 bits per heavy atom. The second-order valence-corrected chi connectivity index (χ2v) is 3.86. The zero-order valence-corrected chi connectivity index (χ0v) is 10.9. The zero-order chi connectivity index (χ0) is 14.1. The van der Waals surface area contributed by atoms with Crippen molar-refractivity contribution in [3.05, 3.63) is 24.3 Å². The Morgan fingerprint density at radius 2 is 1.74 bits per heavy atom. The van der Waals surface area contributed by atoms with Gasteiger partial charge in [-0.25, -0.2) is 4.79 Å². The van der Waals surface area contributed by atoms with Crippen LogP contribution < -0.4 is 16.4 Å². The number of ether oxygens (including phenoxy) is 1. The molecule has 0 aromatic heterocycles. The molecule has 0 aliphatic carbocycles. The predicted molar refractivity (Wildman–Crippen MR) is 74.0 cm³/mol. The first-order chi connectivity index (χ1) is 9.15. The van der Waals surface area contributed by atoms with Crippen LogP contribution in [-0.2, 0) is 9.53 Å². The van der Waals surface area contributed by atoms with Gasteiger partial charge in [-0.3, -0.25) is 10.1 Å². The van der Waals surface area contributed by atoms with Gasteiger partial charge in [-0.2, -0.15) is 0 Å². The van der Waals surface area contributed by atoms with Crippen LogP contribution in [0.1, 0.15) is 19.8 Å². The third-order valence-corrected chi connectivity index (χ3v) is 2.30. The van der Waals surface area contributed by atoms with Crippen LogP contribution in [0.15, 0.2) is 24.3 Å². The van der Waals surface area contributed by atoms with Crippen molar-refractivity contribution in [3.63, 3.8) is 0 Å². The molecule has 104 valence electrons. The molecule has 2 amide bonds. The summed E-state index contributed by atoms with van der Waals surface area (Å²) in [7, 11) is 0. The third-order valence-electron chi connectivity index (χ3n) is 2.30. The molecule has 0 radical (unpaired) electrons. The summed E-state index contributed by atoms with van der Waals surface area (Å²) >= 11 is 0. The Kier molecular flexibility index (Phi) is 6.38. The number of anilines is 2. The van der Waals surface area contributed by atoms with Crippen LogP contribution in [0.2, 0.25) is 0 Å². The number of rotatable bonds is 6. The lowest BCUT2D eigenvalue weighted by Crippen LogP contribution is -2.14. The first-order valence-corrected chi connectivity index (χ1v) is 6.19. The largest absolute Gasteiger partial charge is 0.450 e. The molecule has 0 spiro atoms. The Bertz CT molecular complexity index is 418. The average molecular weight is 265 g/mol. The highest BCUT2D eigenvalue weighted by molar-refractivity contribution is 5.91. The Morgan fingerprint density at radius 3 is 2.26 bits per heavy atom. The van der Waals surface area contributed by atoms with Gasteiger partial charge in [-0.15, -0.1) is 0 Å². The van der Waals surface area contributed by atoms with Crippen molar-refractivity contribution in [1.29, 1.82) is 0 Å². The lowest BCUT2D eigenvalue weighted by molar-refractivity contribution is -0.116. The second kappa shape index (κ2) is 8.10. The van der Waals surface area contributed by atoms with Crippen molar-refractivity contribution in [3.8, 4) is 0 Å². The molecule has 0 aliphatic rings. The van der Waals surface area contributed by atoms with Gasteiger partial charge in [0.05, 0.1) is 6.61 Å². The standard InChI is InChI=1S/C13H19N3O3/c1-2-19-13(18)16-11-7-5-10(6-8-11)15-12(17)4-3-9-14/h5-8H,2-4,9,14H2,1H3,(H,15,17)(H,16,18). The van der Waals surface area contributed by atoms with E-state index in [0.29, 0.717) is 37.4 Å². The average Bonchev–Trinajstić information content (AvgIpc) is 2.39. The van der Waals surface area contributed by atoms with Crippen molar-refractivity contribution in [2.45, 2.75) is 19.8 Å². The number of nitrogens with one attached hydrogen (secondary N) is 2. The number of nitrogens with two attached hydrogens (primary N) is 1. The normalized spacial score (nSPS) is 9.79. The Hall–Kier alpha value is -2.08. The zero-order valence-electron chi connectivity index (χ0n) is 10.9. The van der Waals surface area contributed by atoms with E-state index in [1.807, 2.05) is 0 Å². The van der Waals surface area contributed by atoms with E-state index < -0.39 is 6.09 Å². The molecular formula is C13H19N3O3. The summed E-state index contributed by atoms with van der Waals surface area (Å²) in [4.78, 5) is 22.6. The molecule has 0 fully saturated rings. The van der Waals surface area contributed by atoms with Crippen molar-refractivity contribution in [1.82, 2.24) is 0 Å². The van der Waals surface area contributed by atoms with Gasteiger partial charge in [0.15, 0.2) is 0 Å². The maximum atomic E-state index is 11.5. The second-order valence-electron chi connectivity index (χ2n) is 3.86. The number of hydrogen-bond donors (Lipinski definition) is 3. The summed E-state index contributed by atoms with van der Waals surface area (Å²) in [5, 5.41) is 5.31. The molecule has 0 bridgehead atoms. The van der Waals surface area contributed by atoms with Gasteiger partial charge in [0.2, 0.25) is 5.91 Å². The number of hydrogen-bond acceptors (Lipinski definition) is 4. The smallest absolute Gasteiger partial charge is 0.411 e. The minimum Gasteiger partial charge on any atom is -0.450 e. The van der Waals surface area contributed by atoms with Crippen LogP contribution in [-0.4, -0.2) is 25.2 Å². The van der Waals surface area contributed by atoms with E-state index in [0.717, 1.165) is 0 Å². The van der Waals surface area contributed by atoms with E-state index in [2.05, 4.69) is 10.6 Å². The van der Waals surface area contributed by atoms with Gasteiger partial charge < -0.3 is 15.8 Å². The van der Waals surface area contributed by atoms with Gasteiger partial charge in [-0.05, 0) is 44.2 Å². The lowest BCUT2D eigenvalue weighted by atomic mass is 10.2. The molecule has 6 heteroatoms. The van der Waals surface area contributed by atoms with E-state index in [-0.39, 0.29) is 5.91 Å². The van der Waals surface area contributed by atoms with Gasteiger partial charge >= 0.3 is 6.09 Å². The molecular weight excluding hydrogens is 246 g/mol. The van der Waals surface area contributed by atoms with E-state index in [1.165, 1.54) is 0 Å². The highest BCUT2D eigenvalue weighted by atomic mass is 16.5. The van der Waals surface area contributed by atoms with Crippen LogP contribution in [0.5, 0.6) is 0 Å². The summed E-state index contributed by atoms with van der Waals surface area (Å²) in [5.41, 5.74) is 6.62. The number of carbonyl (C=O) groups excluding carboxylic acids is 2. The minimum absolute atomic E-state index is 0.0726. The molecule has 0 atom stereocenters. The van der Waals surface area contributed by atoms with Crippen LogP contribution in [0.3, 0.4) is 0 Å². The molecule has 0 saturated carbocycles. The number of benzene rings is 1.